The number of hydrogen-bond donors (Lipinski definition) is 3. The summed E-state index contributed by atoms with van der Waals surface area (Å²) in [4.78, 5) is 14.5. The van der Waals surface area contributed by atoms with Gasteiger partial charge in [-0.15, -0.1) is 0 Å². The molecule has 0 spiro atoms. The standard InChI is InChI=1S/C9H8O3.C7H9NO/c10-8-4-1-7(2-5-8)3-6-9(11)12;8-9-6-7-4-2-1-3-5-7/h1-6,10H,(H,11,12);1-5H,6,8H2/b6-3+;. The van der Waals surface area contributed by atoms with Gasteiger partial charge in [-0.05, 0) is 29.3 Å². The fourth-order valence-corrected chi connectivity index (χ4v) is 1.42. The molecule has 2 aromatic rings. The molecule has 110 valence electrons. The van der Waals surface area contributed by atoms with Gasteiger partial charge in [-0.3, -0.25) is 4.84 Å². The Morgan fingerprint density at radius 1 is 1.10 bits per heavy atom. The molecule has 0 aliphatic rings. The predicted octanol–water partition coefficient (Wildman–Crippen LogP) is 2.57. The van der Waals surface area contributed by atoms with E-state index in [0.717, 1.165) is 17.2 Å². The molecule has 0 unspecified atom stereocenters. The molecule has 0 aromatic heterocycles. The molecule has 21 heavy (non-hydrogen) atoms. The molecular formula is C16H17NO4. The van der Waals surface area contributed by atoms with Crippen molar-refractivity contribution >= 4 is 12.0 Å². The summed E-state index contributed by atoms with van der Waals surface area (Å²) in [7, 11) is 0. The summed E-state index contributed by atoms with van der Waals surface area (Å²) in [6.07, 6.45) is 2.51. The molecule has 0 fully saturated rings. The number of carboxylic acid groups (broad SMARTS) is 1. The first kappa shape index (κ1) is 16.4. The highest BCUT2D eigenvalue weighted by Crippen LogP contribution is 2.10. The molecule has 5 heteroatoms. The first-order chi connectivity index (χ1) is 10.1. The fraction of sp³-hybridized carbons (Fsp3) is 0.0625. The molecule has 2 rings (SSSR count). The minimum absolute atomic E-state index is 0.169. The first-order valence-corrected chi connectivity index (χ1v) is 6.17. The molecule has 2 aromatic carbocycles. The minimum Gasteiger partial charge on any atom is -0.508 e. The van der Waals surface area contributed by atoms with Crippen LogP contribution in [-0.4, -0.2) is 16.2 Å². The van der Waals surface area contributed by atoms with E-state index in [2.05, 4.69) is 4.84 Å². The molecule has 0 aliphatic heterocycles. The van der Waals surface area contributed by atoms with Crippen LogP contribution in [0.25, 0.3) is 6.08 Å². The number of aliphatic carboxylic acids is 1. The van der Waals surface area contributed by atoms with Gasteiger partial charge in [0.25, 0.3) is 0 Å². The maximum absolute atomic E-state index is 10.1. The van der Waals surface area contributed by atoms with Crippen molar-refractivity contribution in [2.45, 2.75) is 6.61 Å². The number of carboxylic acids is 1. The van der Waals surface area contributed by atoms with Crippen LogP contribution in [0.1, 0.15) is 11.1 Å². The number of rotatable bonds is 4. The number of nitrogens with two attached hydrogens (primary N) is 1. The van der Waals surface area contributed by atoms with Gasteiger partial charge in [0.05, 0.1) is 6.61 Å². The quantitative estimate of drug-likeness (QED) is 0.593. The van der Waals surface area contributed by atoms with E-state index in [1.807, 2.05) is 30.3 Å². The van der Waals surface area contributed by atoms with E-state index in [-0.39, 0.29) is 5.75 Å². The van der Waals surface area contributed by atoms with Gasteiger partial charge >= 0.3 is 5.97 Å². The van der Waals surface area contributed by atoms with E-state index >= 15 is 0 Å². The zero-order chi connectivity index (χ0) is 15.5. The summed E-state index contributed by atoms with van der Waals surface area (Å²) in [5.74, 6) is 4.05. The molecule has 5 nitrogen and oxygen atoms in total. The van der Waals surface area contributed by atoms with Crippen LogP contribution in [-0.2, 0) is 16.2 Å². The second-order valence-corrected chi connectivity index (χ2v) is 4.06. The Kier molecular flexibility index (Phi) is 7.28. The third kappa shape index (κ3) is 7.51. The molecule has 0 atom stereocenters. The Morgan fingerprint density at radius 3 is 2.24 bits per heavy atom. The summed E-state index contributed by atoms with van der Waals surface area (Å²) < 4.78 is 0. The zero-order valence-corrected chi connectivity index (χ0v) is 11.3. The molecule has 0 saturated heterocycles. The maximum atomic E-state index is 10.1. The lowest BCUT2D eigenvalue weighted by Crippen LogP contribution is -1.97. The van der Waals surface area contributed by atoms with E-state index in [1.54, 1.807) is 12.1 Å². The number of aromatic hydroxyl groups is 1. The van der Waals surface area contributed by atoms with Gasteiger partial charge in [0.1, 0.15) is 5.75 Å². The summed E-state index contributed by atoms with van der Waals surface area (Å²) in [5.41, 5.74) is 1.84. The van der Waals surface area contributed by atoms with Crippen molar-refractivity contribution in [2.24, 2.45) is 5.90 Å². The lowest BCUT2D eigenvalue weighted by atomic mass is 10.2. The predicted molar refractivity (Wildman–Crippen MR) is 80.2 cm³/mol. The second kappa shape index (κ2) is 9.30. The molecule has 4 N–H and O–H groups in total. The van der Waals surface area contributed by atoms with Crippen molar-refractivity contribution in [1.29, 1.82) is 0 Å². The van der Waals surface area contributed by atoms with Crippen LogP contribution in [0.3, 0.4) is 0 Å². The summed E-state index contributed by atoms with van der Waals surface area (Å²) in [6, 6.07) is 16.1. The van der Waals surface area contributed by atoms with E-state index < -0.39 is 5.97 Å². The Labute approximate surface area is 122 Å². The normalized spacial score (nSPS) is 9.95. The molecule has 0 heterocycles. The van der Waals surface area contributed by atoms with Crippen molar-refractivity contribution in [2.75, 3.05) is 0 Å². The van der Waals surface area contributed by atoms with Gasteiger partial charge in [-0.25, -0.2) is 10.7 Å². The van der Waals surface area contributed by atoms with Gasteiger partial charge in [0.2, 0.25) is 0 Å². The van der Waals surface area contributed by atoms with Crippen LogP contribution in [0.2, 0.25) is 0 Å². The summed E-state index contributed by atoms with van der Waals surface area (Å²) >= 11 is 0. The van der Waals surface area contributed by atoms with Crippen LogP contribution >= 0.6 is 0 Å². The third-order valence-electron chi connectivity index (χ3n) is 2.40. The van der Waals surface area contributed by atoms with Crippen LogP contribution in [0.15, 0.2) is 60.7 Å². The van der Waals surface area contributed by atoms with Crippen molar-refractivity contribution in [3.8, 4) is 5.75 Å². The van der Waals surface area contributed by atoms with E-state index in [0.29, 0.717) is 6.61 Å². The van der Waals surface area contributed by atoms with Gasteiger partial charge in [0, 0.05) is 6.08 Å². The highest BCUT2D eigenvalue weighted by atomic mass is 16.6. The molecular weight excluding hydrogens is 270 g/mol. The zero-order valence-electron chi connectivity index (χ0n) is 11.3. The Morgan fingerprint density at radius 2 is 1.71 bits per heavy atom. The number of benzene rings is 2. The second-order valence-electron chi connectivity index (χ2n) is 4.06. The fourth-order valence-electron chi connectivity index (χ4n) is 1.42. The molecule has 0 aliphatic carbocycles. The van der Waals surface area contributed by atoms with Crippen molar-refractivity contribution < 1.29 is 19.8 Å². The average molecular weight is 287 g/mol. The summed E-state index contributed by atoms with van der Waals surface area (Å²) in [6.45, 7) is 0.487. The SMILES string of the molecule is NOCc1ccccc1.O=C(O)/C=C/c1ccc(O)cc1. The number of phenols is 1. The largest absolute Gasteiger partial charge is 0.508 e. The van der Waals surface area contributed by atoms with E-state index in [9.17, 15) is 4.79 Å². The van der Waals surface area contributed by atoms with Crippen molar-refractivity contribution in [3.05, 3.63) is 71.8 Å². The lowest BCUT2D eigenvalue weighted by molar-refractivity contribution is -0.131. The molecule has 0 radical (unpaired) electrons. The van der Waals surface area contributed by atoms with E-state index in [4.69, 9.17) is 16.1 Å². The molecule has 0 saturated carbocycles. The molecule has 0 amide bonds. The van der Waals surface area contributed by atoms with Gasteiger partial charge in [-0.2, -0.15) is 0 Å². The lowest BCUT2D eigenvalue weighted by Gasteiger charge is -1.94. The Hall–Kier alpha value is -2.63. The van der Waals surface area contributed by atoms with Gasteiger partial charge < -0.3 is 10.2 Å². The number of hydrogen-bond acceptors (Lipinski definition) is 4. The van der Waals surface area contributed by atoms with Crippen molar-refractivity contribution in [3.63, 3.8) is 0 Å². The summed E-state index contributed by atoms with van der Waals surface area (Å²) in [5, 5.41) is 17.2. The Balaban J connectivity index is 0.000000219. The number of carbonyl (C=O) groups is 1. The number of phenolic OH excluding ortho intramolecular Hbond substituents is 1. The van der Waals surface area contributed by atoms with Crippen LogP contribution in [0, 0.1) is 0 Å². The highest BCUT2D eigenvalue weighted by molar-refractivity contribution is 5.85. The Bertz CT molecular complexity index is 565. The van der Waals surface area contributed by atoms with Crippen molar-refractivity contribution in [1.82, 2.24) is 0 Å². The van der Waals surface area contributed by atoms with Crippen LogP contribution in [0.5, 0.6) is 5.75 Å². The smallest absolute Gasteiger partial charge is 0.328 e. The molecule has 0 bridgehead atoms. The van der Waals surface area contributed by atoms with Gasteiger partial charge in [0.15, 0.2) is 0 Å². The van der Waals surface area contributed by atoms with Gasteiger partial charge in [-0.1, -0.05) is 42.5 Å². The highest BCUT2D eigenvalue weighted by Gasteiger charge is 1.89. The topological polar surface area (TPSA) is 92.8 Å². The van der Waals surface area contributed by atoms with E-state index in [1.165, 1.54) is 18.2 Å². The maximum Gasteiger partial charge on any atom is 0.328 e. The monoisotopic (exact) mass is 287 g/mol. The van der Waals surface area contributed by atoms with Crippen LogP contribution < -0.4 is 5.90 Å². The average Bonchev–Trinajstić information content (AvgIpc) is 2.49. The van der Waals surface area contributed by atoms with Crippen LogP contribution in [0.4, 0.5) is 0 Å². The minimum atomic E-state index is -0.983. The third-order valence-corrected chi connectivity index (χ3v) is 2.40. The first-order valence-electron chi connectivity index (χ1n) is 6.17.